The second kappa shape index (κ2) is 51.2. The molecule has 0 heterocycles. The minimum atomic E-state index is -3.75. The monoisotopic (exact) mass is 849 g/mol. The van der Waals surface area contributed by atoms with Crippen LogP contribution in [0.1, 0.15) is 310 Å². The Morgan fingerprint density at radius 3 is 0.576 bits per heavy atom. The number of phosphoric acid groups is 1. The quantitative estimate of drug-likeness (QED) is 0.0347. The van der Waals surface area contributed by atoms with Gasteiger partial charge in [-0.05, 0) is 56.8 Å². The Balaban J connectivity index is 4.27. The highest BCUT2D eigenvalue weighted by atomic mass is 31.2. The summed E-state index contributed by atoms with van der Waals surface area (Å²) < 4.78 is 30.4. The fraction of sp³-hybridized carbons (Fsp3) is 0.889. The molecule has 0 aromatic carbocycles. The molecule has 59 heavy (non-hydrogen) atoms. The third kappa shape index (κ3) is 49.4. The summed E-state index contributed by atoms with van der Waals surface area (Å²) in [5.41, 5.74) is 0. The van der Waals surface area contributed by atoms with E-state index in [2.05, 4.69) is 20.8 Å². The molecule has 0 aliphatic rings. The van der Waals surface area contributed by atoms with Crippen LogP contribution in [-0.4, -0.2) is 0 Å². The maximum absolute atomic E-state index is 13.5. The number of rotatable bonds is 51. The predicted molar refractivity (Wildman–Crippen MR) is 263 cm³/mol. The van der Waals surface area contributed by atoms with Gasteiger partial charge in [-0.15, -0.1) is 0 Å². The van der Waals surface area contributed by atoms with Gasteiger partial charge >= 0.3 is 7.82 Å². The van der Waals surface area contributed by atoms with Gasteiger partial charge in [0.2, 0.25) is 0 Å². The van der Waals surface area contributed by atoms with Crippen molar-refractivity contribution in [3.63, 3.8) is 0 Å². The Kier molecular flexibility index (Phi) is 50.2. The van der Waals surface area contributed by atoms with Crippen LogP contribution in [0, 0.1) is 0 Å². The lowest BCUT2D eigenvalue weighted by atomic mass is 10.0. The van der Waals surface area contributed by atoms with E-state index in [-0.39, 0.29) is 0 Å². The SMILES string of the molecule is CCCCCCCCCCCCCCCC/C=C/OP(=O)(O/C=C/CCCCCCCCCCCCCCCC)O/C=C/CCCCCCCCCCCCCCCC. The first-order chi connectivity index (χ1) is 29.2. The van der Waals surface area contributed by atoms with Crippen LogP contribution in [0.3, 0.4) is 0 Å². The standard InChI is InChI=1S/C54H105O4P/c1-4-7-10-13-16-19-22-25-28-31-34-37-40-43-46-49-52-56-59(55,57-53-50-47-44-41-38-35-32-29-26-23-20-17-14-11-8-5-2)58-54-51-48-45-42-39-36-33-30-27-24-21-18-15-12-9-6-3/h49-54H,4-48H2,1-3H3/b52-49+,53-50+,54-51+. The minimum Gasteiger partial charge on any atom is -0.394 e. The maximum Gasteiger partial charge on any atom is 0.645 e. The van der Waals surface area contributed by atoms with Gasteiger partial charge < -0.3 is 13.6 Å². The average Bonchev–Trinajstić information content (AvgIpc) is 3.24. The second-order valence-corrected chi connectivity index (χ2v) is 19.6. The van der Waals surface area contributed by atoms with Crippen molar-refractivity contribution in [2.24, 2.45) is 0 Å². The molecule has 0 N–H and O–H groups in total. The maximum atomic E-state index is 13.5. The molecule has 0 saturated heterocycles. The van der Waals surface area contributed by atoms with Gasteiger partial charge in [0.25, 0.3) is 0 Å². The zero-order valence-corrected chi connectivity index (χ0v) is 41.3. The van der Waals surface area contributed by atoms with Gasteiger partial charge in [-0.1, -0.05) is 271 Å². The van der Waals surface area contributed by atoms with Crippen LogP contribution in [0.5, 0.6) is 0 Å². The average molecular weight is 849 g/mol. The molecule has 0 rings (SSSR count). The van der Waals surface area contributed by atoms with E-state index < -0.39 is 7.82 Å². The molecule has 0 aliphatic carbocycles. The molecule has 0 atom stereocenters. The van der Waals surface area contributed by atoms with Crippen LogP contribution < -0.4 is 0 Å². The zero-order chi connectivity index (χ0) is 42.7. The summed E-state index contributed by atoms with van der Waals surface area (Å²) in [6.45, 7) is 6.87. The van der Waals surface area contributed by atoms with Crippen LogP contribution in [0.15, 0.2) is 37.0 Å². The number of allylic oxidation sites excluding steroid dienone is 3. The normalized spacial score (nSPS) is 12.2. The van der Waals surface area contributed by atoms with E-state index >= 15 is 0 Å². The van der Waals surface area contributed by atoms with Gasteiger partial charge in [-0.25, -0.2) is 0 Å². The van der Waals surface area contributed by atoms with Crippen molar-refractivity contribution < 1.29 is 18.1 Å². The van der Waals surface area contributed by atoms with Gasteiger partial charge in [0.1, 0.15) is 0 Å². The fourth-order valence-corrected chi connectivity index (χ4v) is 8.86. The lowest BCUT2D eigenvalue weighted by Crippen LogP contribution is -1.89. The number of hydrogen-bond acceptors (Lipinski definition) is 4. The summed E-state index contributed by atoms with van der Waals surface area (Å²) in [6, 6.07) is 0. The first-order valence-electron chi connectivity index (χ1n) is 26.8. The molecule has 0 amide bonds. The molecule has 0 spiro atoms. The molecule has 0 unspecified atom stereocenters. The highest BCUT2D eigenvalue weighted by Gasteiger charge is 2.27. The van der Waals surface area contributed by atoms with Crippen molar-refractivity contribution in [1.29, 1.82) is 0 Å². The summed E-state index contributed by atoms with van der Waals surface area (Å²) in [4.78, 5) is 0. The highest BCUT2D eigenvalue weighted by molar-refractivity contribution is 7.48. The van der Waals surface area contributed by atoms with E-state index in [0.717, 1.165) is 38.5 Å². The molecule has 0 aromatic heterocycles. The Morgan fingerprint density at radius 2 is 0.407 bits per heavy atom. The molecule has 0 fully saturated rings. The van der Waals surface area contributed by atoms with Crippen molar-refractivity contribution in [2.75, 3.05) is 0 Å². The molecule has 5 heteroatoms. The summed E-state index contributed by atoms with van der Waals surface area (Å²) in [5.74, 6) is 0. The summed E-state index contributed by atoms with van der Waals surface area (Å²) >= 11 is 0. The van der Waals surface area contributed by atoms with Crippen LogP contribution >= 0.6 is 7.82 Å². The van der Waals surface area contributed by atoms with Gasteiger partial charge in [0.15, 0.2) is 0 Å². The van der Waals surface area contributed by atoms with Gasteiger partial charge in [0.05, 0.1) is 18.8 Å². The summed E-state index contributed by atoms with van der Waals surface area (Å²) in [5, 5.41) is 0. The first-order valence-corrected chi connectivity index (χ1v) is 28.2. The Hall–Kier alpha value is -1.15. The lowest BCUT2D eigenvalue weighted by molar-refractivity contribution is 0.229. The Bertz CT molecular complexity index is 800. The van der Waals surface area contributed by atoms with E-state index in [4.69, 9.17) is 13.6 Å². The van der Waals surface area contributed by atoms with Crippen molar-refractivity contribution in [1.82, 2.24) is 0 Å². The second-order valence-electron chi connectivity index (χ2n) is 18.0. The summed E-state index contributed by atoms with van der Waals surface area (Å²) in [7, 11) is -3.75. The molecule has 0 aromatic rings. The van der Waals surface area contributed by atoms with E-state index in [9.17, 15) is 4.57 Å². The van der Waals surface area contributed by atoms with E-state index in [1.165, 1.54) is 269 Å². The molecular weight excluding hydrogens is 744 g/mol. The molecule has 350 valence electrons. The van der Waals surface area contributed by atoms with Gasteiger partial charge in [0, 0.05) is 0 Å². The molecule has 0 radical (unpaired) electrons. The van der Waals surface area contributed by atoms with Crippen LogP contribution in [-0.2, 0) is 18.1 Å². The Labute approximate surface area is 371 Å². The lowest BCUT2D eigenvalue weighted by Gasteiger charge is -2.13. The number of hydrogen-bond donors (Lipinski definition) is 0. The highest BCUT2D eigenvalue weighted by Crippen LogP contribution is 2.50. The van der Waals surface area contributed by atoms with Crippen LogP contribution in [0.25, 0.3) is 0 Å². The molecular formula is C54H105O4P. The summed E-state index contributed by atoms with van der Waals surface area (Å²) in [6.07, 6.45) is 70.3. The first kappa shape index (κ1) is 57.9. The largest absolute Gasteiger partial charge is 0.645 e. The van der Waals surface area contributed by atoms with Gasteiger partial charge in [-0.3, -0.25) is 0 Å². The number of unbranched alkanes of at least 4 members (excludes halogenated alkanes) is 42. The third-order valence-electron chi connectivity index (χ3n) is 12.0. The Morgan fingerprint density at radius 1 is 0.254 bits per heavy atom. The van der Waals surface area contributed by atoms with Crippen molar-refractivity contribution in [3.05, 3.63) is 37.0 Å². The molecule has 0 bridgehead atoms. The van der Waals surface area contributed by atoms with Gasteiger partial charge in [-0.2, -0.15) is 4.57 Å². The van der Waals surface area contributed by atoms with Crippen LogP contribution in [0.2, 0.25) is 0 Å². The minimum absolute atomic E-state index is 0.919. The van der Waals surface area contributed by atoms with Crippen molar-refractivity contribution >= 4 is 7.82 Å². The van der Waals surface area contributed by atoms with Crippen molar-refractivity contribution in [2.45, 2.75) is 310 Å². The molecule has 4 nitrogen and oxygen atoms in total. The zero-order valence-electron chi connectivity index (χ0n) is 40.4. The van der Waals surface area contributed by atoms with Crippen LogP contribution in [0.4, 0.5) is 0 Å². The van der Waals surface area contributed by atoms with E-state index in [1.54, 1.807) is 0 Å². The number of phosphoric ester groups is 1. The predicted octanol–water partition coefficient (Wildman–Crippen LogP) is 21.3. The molecule has 0 saturated carbocycles. The smallest absolute Gasteiger partial charge is 0.394 e. The topological polar surface area (TPSA) is 44.8 Å². The fourth-order valence-electron chi connectivity index (χ4n) is 8.00. The van der Waals surface area contributed by atoms with E-state index in [0.29, 0.717) is 0 Å². The van der Waals surface area contributed by atoms with E-state index in [1.807, 2.05) is 18.2 Å². The third-order valence-corrected chi connectivity index (χ3v) is 13.2. The molecule has 0 aliphatic heterocycles. The van der Waals surface area contributed by atoms with Crippen molar-refractivity contribution in [3.8, 4) is 0 Å².